The molecule has 0 radical (unpaired) electrons. The van der Waals surface area contributed by atoms with E-state index in [-0.39, 0.29) is 31.1 Å². The summed E-state index contributed by atoms with van der Waals surface area (Å²) in [6.07, 6.45) is -3.89. The SMILES string of the molecule is C#CCCN(C)[C@H]1C[C@@H](C)OC(O[C@@H]2C(C)C(OC3C[C@@](C)(OC)[C@@H](O)[C@H](C)O3)[C@@H](C)C(=O)O[C@H](CC)[C@@](C)(O)[C@H](O)C(C)/C(=N/O)[C@H](C)C[C@@]2(C)O)[C@@H]1O. The topological polar surface area (TPSA) is 209 Å². The van der Waals surface area contributed by atoms with Crippen LogP contribution in [0.1, 0.15) is 101 Å². The highest BCUT2D eigenvalue weighted by Gasteiger charge is 2.53. The third-order valence-electron chi connectivity index (χ3n) is 12.5. The van der Waals surface area contributed by atoms with Gasteiger partial charge in [0.05, 0.1) is 53.4 Å². The van der Waals surface area contributed by atoms with E-state index >= 15 is 0 Å². The number of ether oxygens (including phenoxy) is 6. The molecule has 15 nitrogen and oxygen atoms in total. The number of methoxy groups -OCH3 is 1. The molecule has 0 aliphatic carbocycles. The van der Waals surface area contributed by atoms with Crippen LogP contribution in [-0.2, 0) is 33.2 Å². The van der Waals surface area contributed by atoms with Crippen LogP contribution in [0.25, 0.3) is 0 Å². The highest BCUT2D eigenvalue weighted by molar-refractivity contribution is 5.88. The lowest BCUT2D eigenvalue weighted by atomic mass is 9.73. The van der Waals surface area contributed by atoms with Gasteiger partial charge in [0.1, 0.15) is 23.9 Å². The van der Waals surface area contributed by atoms with Crippen LogP contribution in [0.15, 0.2) is 5.16 Å². The van der Waals surface area contributed by atoms with E-state index in [9.17, 15) is 35.5 Å². The molecular weight excluding hydrogens is 716 g/mol. The lowest BCUT2D eigenvalue weighted by molar-refractivity contribution is -0.318. The Morgan fingerprint density at radius 1 is 0.982 bits per heavy atom. The highest BCUT2D eigenvalue weighted by atomic mass is 16.7. The summed E-state index contributed by atoms with van der Waals surface area (Å²) in [7, 11) is 3.34. The maximum Gasteiger partial charge on any atom is 0.311 e. The van der Waals surface area contributed by atoms with Crippen molar-refractivity contribution in [3.63, 3.8) is 0 Å². The van der Waals surface area contributed by atoms with Gasteiger partial charge >= 0.3 is 5.97 Å². The molecule has 18 atom stereocenters. The van der Waals surface area contributed by atoms with Gasteiger partial charge in [0, 0.05) is 50.3 Å². The number of rotatable bonds is 9. The fourth-order valence-electron chi connectivity index (χ4n) is 8.94. The molecule has 0 spiro atoms. The Kier molecular flexibility index (Phi) is 16.6. The van der Waals surface area contributed by atoms with E-state index in [4.69, 9.17) is 34.8 Å². The lowest BCUT2D eigenvalue weighted by Crippen LogP contribution is -2.61. The smallest absolute Gasteiger partial charge is 0.311 e. The number of nitrogens with zero attached hydrogens (tertiary/aromatic N) is 2. The average Bonchev–Trinajstić information content (AvgIpc) is 3.12. The second kappa shape index (κ2) is 19.2. The predicted molar refractivity (Wildman–Crippen MR) is 203 cm³/mol. The molecule has 0 aromatic heterocycles. The normalized spacial score (nSPS) is 47.5. The number of likely N-dealkylation sites (N-methyl/N-ethyl adjacent to an activating group) is 1. The summed E-state index contributed by atoms with van der Waals surface area (Å²) in [5, 5.41) is 72.3. The summed E-state index contributed by atoms with van der Waals surface area (Å²) in [5.41, 5.74) is -4.75. The van der Waals surface area contributed by atoms with Gasteiger partial charge < -0.3 is 59.2 Å². The maximum absolute atomic E-state index is 14.2. The van der Waals surface area contributed by atoms with Gasteiger partial charge in [-0.1, -0.05) is 32.9 Å². The molecule has 3 aliphatic rings. The molecule has 3 saturated heterocycles. The Hall–Kier alpha value is -1.94. The van der Waals surface area contributed by atoms with Crippen molar-refractivity contribution in [2.24, 2.45) is 28.8 Å². The number of oxime groups is 1. The summed E-state index contributed by atoms with van der Waals surface area (Å²) in [6.45, 7) is 17.1. The molecule has 0 saturated carbocycles. The van der Waals surface area contributed by atoms with Crippen LogP contribution in [0.5, 0.6) is 0 Å². The van der Waals surface area contributed by atoms with E-state index in [0.717, 1.165) is 0 Å². The molecule has 15 heteroatoms. The molecule has 3 aliphatic heterocycles. The molecule has 6 N–H and O–H groups in total. The van der Waals surface area contributed by atoms with Gasteiger partial charge in [-0.25, -0.2) is 0 Å². The largest absolute Gasteiger partial charge is 0.459 e. The van der Waals surface area contributed by atoms with Crippen LogP contribution >= 0.6 is 0 Å². The van der Waals surface area contributed by atoms with Crippen molar-refractivity contribution < 1.29 is 64.0 Å². The number of aliphatic hydroxyl groups excluding tert-OH is 3. The Morgan fingerprint density at radius 2 is 1.62 bits per heavy atom. The van der Waals surface area contributed by atoms with E-state index in [2.05, 4.69) is 11.1 Å². The van der Waals surface area contributed by atoms with Gasteiger partial charge in [0.25, 0.3) is 0 Å². The Balaban J connectivity index is 2.21. The minimum absolute atomic E-state index is 0.0826. The molecule has 318 valence electrons. The van der Waals surface area contributed by atoms with E-state index in [1.165, 1.54) is 14.0 Å². The van der Waals surface area contributed by atoms with Gasteiger partial charge in [-0.15, -0.1) is 12.3 Å². The van der Waals surface area contributed by atoms with Gasteiger partial charge in [0.2, 0.25) is 0 Å². The van der Waals surface area contributed by atoms with Crippen molar-refractivity contribution in [2.45, 2.75) is 186 Å². The summed E-state index contributed by atoms with van der Waals surface area (Å²) in [5.74, 6) is -1.71. The van der Waals surface area contributed by atoms with E-state index in [1.54, 1.807) is 55.4 Å². The molecular formula is C40H70N2O13. The lowest BCUT2D eigenvalue weighted by Gasteiger charge is -2.49. The van der Waals surface area contributed by atoms with Crippen LogP contribution in [0.4, 0.5) is 0 Å². The summed E-state index contributed by atoms with van der Waals surface area (Å²) < 4.78 is 37.4. The molecule has 3 rings (SSSR count). The first-order valence-corrected chi connectivity index (χ1v) is 19.7. The zero-order valence-electron chi connectivity index (χ0n) is 34.9. The van der Waals surface area contributed by atoms with E-state index in [1.807, 2.05) is 18.9 Å². The van der Waals surface area contributed by atoms with Crippen molar-refractivity contribution in [1.29, 1.82) is 0 Å². The number of carbonyl (C=O) groups excluding carboxylic acids is 1. The van der Waals surface area contributed by atoms with Gasteiger partial charge in [-0.2, -0.15) is 0 Å². The number of hydrogen-bond donors (Lipinski definition) is 6. The molecule has 3 fully saturated rings. The first-order chi connectivity index (χ1) is 25.5. The standard InChI is InChI=1S/C40H70N2O13/c1-14-16-17-42(12)27-18-22(4)51-37(31(27)43)55-35-24(6)32(54-29-20-39(10,50-13)34(45)26(8)52-29)25(7)36(46)53-28(15-2)40(11,48)33(44)23(5)30(41-49)21(3)19-38(35,9)47/h1,21-29,31-35,37,43-45,47-49H,15-20H2,2-13H3/b41-30+/t21-,22-,23?,24?,25-,26+,27+,28-,29?,31-,32?,33-,34+,35-,37?,38-,39-,40-/m1/s1. The quantitative estimate of drug-likeness (QED) is 0.0859. The number of hydrogen-bond acceptors (Lipinski definition) is 15. The molecule has 3 heterocycles. The summed E-state index contributed by atoms with van der Waals surface area (Å²) in [6, 6.07) is -0.398. The average molecular weight is 787 g/mol. The van der Waals surface area contributed by atoms with Crippen molar-refractivity contribution in [3.8, 4) is 12.3 Å². The molecule has 0 aromatic carbocycles. The number of cyclic esters (lactones) is 1. The van der Waals surface area contributed by atoms with Crippen LogP contribution < -0.4 is 0 Å². The first kappa shape index (κ1) is 47.4. The highest BCUT2D eigenvalue weighted by Crippen LogP contribution is 2.41. The molecule has 0 bridgehead atoms. The zero-order chi connectivity index (χ0) is 41.8. The second-order valence-corrected chi connectivity index (χ2v) is 17.1. The van der Waals surface area contributed by atoms with Crippen molar-refractivity contribution in [2.75, 3.05) is 20.7 Å². The monoisotopic (exact) mass is 786 g/mol. The third-order valence-corrected chi connectivity index (χ3v) is 12.5. The zero-order valence-corrected chi connectivity index (χ0v) is 34.9. The van der Waals surface area contributed by atoms with Gasteiger partial charge in [-0.05, 0) is 67.9 Å². The van der Waals surface area contributed by atoms with E-state index in [0.29, 0.717) is 19.4 Å². The van der Waals surface area contributed by atoms with Crippen molar-refractivity contribution >= 4 is 11.7 Å². The van der Waals surface area contributed by atoms with E-state index < -0.39 is 108 Å². The molecule has 55 heavy (non-hydrogen) atoms. The Labute approximate surface area is 327 Å². The molecule has 0 aromatic rings. The molecule has 0 amide bonds. The van der Waals surface area contributed by atoms with Gasteiger partial charge in [0.15, 0.2) is 12.6 Å². The predicted octanol–water partition coefficient (Wildman–Crippen LogP) is 2.44. The van der Waals surface area contributed by atoms with Crippen LogP contribution in [0.3, 0.4) is 0 Å². The summed E-state index contributed by atoms with van der Waals surface area (Å²) in [4.78, 5) is 16.2. The number of aliphatic hydroxyl groups is 5. The van der Waals surface area contributed by atoms with Crippen LogP contribution in [0.2, 0.25) is 0 Å². The molecule has 5 unspecified atom stereocenters. The fraction of sp³-hybridized carbons (Fsp3) is 0.900. The van der Waals surface area contributed by atoms with Gasteiger partial charge in [-0.3, -0.25) is 9.69 Å². The minimum Gasteiger partial charge on any atom is -0.459 e. The van der Waals surface area contributed by atoms with Crippen LogP contribution in [-0.4, -0.2) is 152 Å². The minimum atomic E-state index is -1.98. The third kappa shape index (κ3) is 10.6. The number of carbonyl (C=O) groups is 1. The van der Waals surface area contributed by atoms with Crippen molar-refractivity contribution in [3.05, 3.63) is 0 Å². The maximum atomic E-state index is 14.2. The Morgan fingerprint density at radius 3 is 2.18 bits per heavy atom. The Bertz CT molecular complexity index is 1320. The van der Waals surface area contributed by atoms with Crippen molar-refractivity contribution in [1.82, 2.24) is 4.90 Å². The number of esters is 1. The second-order valence-electron chi connectivity index (χ2n) is 17.1. The number of terminal acetylenes is 1. The summed E-state index contributed by atoms with van der Waals surface area (Å²) >= 11 is 0. The fourth-order valence-corrected chi connectivity index (χ4v) is 8.94. The first-order valence-electron chi connectivity index (χ1n) is 19.7. The van der Waals surface area contributed by atoms with Crippen LogP contribution in [0, 0.1) is 36.0 Å².